The van der Waals surface area contributed by atoms with Gasteiger partial charge in [0.25, 0.3) is 0 Å². The smallest absolute Gasteiger partial charge is 0.352 e. The fourth-order valence-corrected chi connectivity index (χ4v) is 8.83. The van der Waals surface area contributed by atoms with Crippen molar-refractivity contribution in [3.8, 4) is 0 Å². The first kappa shape index (κ1) is 28.3. The Labute approximate surface area is 225 Å². The lowest BCUT2D eigenvalue weighted by Crippen LogP contribution is -2.57. The first-order valence-corrected chi connectivity index (χ1v) is 14.4. The Morgan fingerprint density at radius 1 is 1.00 bits per heavy atom. The van der Waals surface area contributed by atoms with Gasteiger partial charge in [0, 0.05) is 12.6 Å². The highest BCUT2D eigenvalue weighted by Crippen LogP contribution is 2.53. The molecule has 1 amide bonds. The third-order valence-corrected chi connectivity index (χ3v) is 10.1. The van der Waals surface area contributed by atoms with Crippen LogP contribution in [0.4, 0.5) is 18.9 Å². The first-order chi connectivity index (χ1) is 17.3. The molecule has 4 aliphatic rings. The van der Waals surface area contributed by atoms with Crippen molar-refractivity contribution >= 4 is 45.0 Å². The predicted molar refractivity (Wildman–Crippen MR) is 139 cm³/mol. The molecule has 204 valence electrons. The van der Waals surface area contributed by atoms with Gasteiger partial charge in [-0.05, 0) is 67.9 Å². The second-order valence-corrected chi connectivity index (χ2v) is 12.9. The second kappa shape index (κ2) is 10.8. The Kier molecular flexibility index (Phi) is 8.24. The standard InChI is InChI=1S/C25H30Cl2F3N3O3S/c1-3-5-32(14-22(34)31-23-17-8-15-7-16(10-17)11-18(23)9-15)37(35,36)33(6-4-2)24-20(26)12-19(13-21(24)27)25(28,29)30/h3-4,12-13,15-18,23H,1-2,5-11,14H2,(H,31,34). The molecule has 0 aromatic heterocycles. The molecule has 6 nitrogen and oxygen atoms in total. The van der Waals surface area contributed by atoms with Crippen molar-refractivity contribution in [2.45, 2.75) is 44.3 Å². The van der Waals surface area contributed by atoms with Crippen molar-refractivity contribution in [1.82, 2.24) is 9.62 Å². The minimum Gasteiger partial charge on any atom is -0.352 e. The number of alkyl halides is 3. The van der Waals surface area contributed by atoms with Gasteiger partial charge in [0.05, 0.1) is 34.4 Å². The van der Waals surface area contributed by atoms with Crippen LogP contribution in [0.2, 0.25) is 10.0 Å². The Bertz CT molecular complexity index is 1120. The first-order valence-electron chi connectivity index (χ1n) is 12.2. The van der Waals surface area contributed by atoms with Gasteiger partial charge in [-0.3, -0.25) is 9.10 Å². The molecule has 12 heteroatoms. The van der Waals surface area contributed by atoms with Crippen molar-refractivity contribution in [3.63, 3.8) is 0 Å². The molecular formula is C25H30Cl2F3N3O3S. The maximum absolute atomic E-state index is 13.7. The van der Waals surface area contributed by atoms with Gasteiger partial charge in [-0.15, -0.1) is 13.2 Å². The average molecular weight is 581 g/mol. The van der Waals surface area contributed by atoms with Gasteiger partial charge >= 0.3 is 16.4 Å². The molecule has 0 spiro atoms. The van der Waals surface area contributed by atoms with Crippen molar-refractivity contribution in [2.24, 2.45) is 23.7 Å². The highest BCUT2D eigenvalue weighted by Gasteiger charge is 2.48. The van der Waals surface area contributed by atoms with Crippen LogP contribution < -0.4 is 9.62 Å². The summed E-state index contributed by atoms with van der Waals surface area (Å²) in [5, 5.41) is 2.09. The van der Waals surface area contributed by atoms with E-state index in [1.54, 1.807) is 0 Å². The van der Waals surface area contributed by atoms with Crippen LogP contribution >= 0.6 is 23.2 Å². The summed E-state index contributed by atoms with van der Waals surface area (Å²) in [6.45, 7) is 6.12. The molecular weight excluding hydrogens is 550 g/mol. The van der Waals surface area contributed by atoms with Gasteiger partial charge in [0.2, 0.25) is 5.91 Å². The molecule has 0 unspecified atom stereocenters. The summed E-state index contributed by atoms with van der Waals surface area (Å²) in [5.74, 6) is 1.82. The normalized spacial score (nSPS) is 26.8. The van der Waals surface area contributed by atoms with Crippen molar-refractivity contribution < 1.29 is 26.4 Å². The number of amides is 1. The Morgan fingerprint density at radius 3 is 1.97 bits per heavy atom. The van der Waals surface area contributed by atoms with E-state index in [0.717, 1.165) is 46.1 Å². The molecule has 1 N–H and O–H groups in total. The molecule has 5 rings (SSSR count). The molecule has 4 fully saturated rings. The molecule has 0 heterocycles. The van der Waals surface area contributed by atoms with Gasteiger partial charge in [0.15, 0.2) is 0 Å². The molecule has 1 aromatic carbocycles. The fourth-order valence-electron chi connectivity index (χ4n) is 6.46. The summed E-state index contributed by atoms with van der Waals surface area (Å²) in [7, 11) is -4.48. The zero-order valence-electron chi connectivity index (χ0n) is 20.2. The summed E-state index contributed by atoms with van der Waals surface area (Å²) < 4.78 is 68.7. The van der Waals surface area contributed by atoms with Crippen LogP contribution in [-0.2, 0) is 21.2 Å². The number of hydrogen-bond acceptors (Lipinski definition) is 3. The lowest BCUT2D eigenvalue weighted by molar-refractivity contribution is -0.137. The third-order valence-electron chi connectivity index (χ3n) is 7.70. The highest BCUT2D eigenvalue weighted by molar-refractivity contribution is 7.90. The quantitative estimate of drug-likeness (QED) is 0.363. The van der Waals surface area contributed by atoms with E-state index in [0.29, 0.717) is 24.0 Å². The second-order valence-electron chi connectivity index (χ2n) is 10.2. The van der Waals surface area contributed by atoms with Crippen molar-refractivity contribution in [2.75, 3.05) is 23.9 Å². The number of nitrogens with one attached hydrogen (secondary N) is 1. The van der Waals surface area contributed by atoms with Gasteiger partial charge < -0.3 is 5.32 Å². The number of benzene rings is 1. The van der Waals surface area contributed by atoms with E-state index in [-0.39, 0.29) is 24.8 Å². The topological polar surface area (TPSA) is 69.7 Å². The Hall–Kier alpha value is -1.75. The van der Waals surface area contributed by atoms with E-state index in [1.165, 1.54) is 18.6 Å². The molecule has 4 bridgehead atoms. The number of carbonyl (C=O) groups excluding carboxylic acids is 1. The van der Waals surface area contributed by atoms with Crippen LogP contribution in [0.1, 0.15) is 37.7 Å². The van der Waals surface area contributed by atoms with Crippen molar-refractivity contribution in [1.29, 1.82) is 0 Å². The van der Waals surface area contributed by atoms with Gasteiger partial charge in [-0.25, -0.2) is 0 Å². The minimum atomic E-state index is -4.72. The summed E-state index contributed by atoms with van der Waals surface area (Å²) in [6.07, 6.45) is 3.48. The summed E-state index contributed by atoms with van der Waals surface area (Å²) in [5.41, 5.74) is -1.44. The molecule has 0 atom stereocenters. The van der Waals surface area contributed by atoms with Gasteiger partial charge in [-0.1, -0.05) is 35.4 Å². The van der Waals surface area contributed by atoms with Gasteiger partial charge in [0.1, 0.15) is 0 Å². The van der Waals surface area contributed by atoms with E-state index in [4.69, 9.17) is 23.2 Å². The number of carbonyl (C=O) groups is 1. The van der Waals surface area contributed by atoms with Crippen LogP contribution in [0.15, 0.2) is 37.4 Å². The molecule has 4 aliphatic carbocycles. The van der Waals surface area contributed by atoms with Crippen LogP contribution in [0, 0.1) is 23.7 Å². The predicted octanol–water partition coefficient (Wildman–Crippen LogP) is 5.68. The maximum atomic E-state index is 13.7. The summed E-state index contributed by atoms with van der Waals surface area (Å²) in [6, 6.07) is 1.26. The van der Waals surface area contributed by atoms with E-state index in [1.807, 2.05) is 0 Å². The zero-order valence-corrected chi connectivity index (χ0v) is 22.5. The van der Waals surface area contributed by atoms with Crippen LogP contribution in [0.5, 0.6) is 0 Å². The molecule has 1 aromatic rings. The van der Waals surface area contributed by atoms with E-state index in [2.05, 4.69) is 18.5 Å². The van der Waals surface area contributed by atoms with E-state index >= 15 is 0 Å². The Morgan fingerprint density at radius 2 is 1.51 bits per heavy atom. The molecule has 4 saturated carbocycles. The van der Waals surface area contributed by atoms with Crippen LogP contribution in [-0.4, -0.2) is 44.3 Å². The number of rotatable bonds is 10. The SMILES string of the molecule is C=CCN(CC(=O)NC1C2CC3CC(C2)CC1C3)S(=O)(=O)N(CC=C)c1c(Cl)cc(C(F)(F)F)cc1Cl. The fraction of sp³-hybridized carbons (Fsp3) is 0.560. The van der Waals surface area contributed by atoms with E-state index in [9.17, 15) is 26.4 Å². The molecule has 0 aliphatic heterocycles. The summed E-state index contributed by atoms with van der Waals surface area (Å²) in [4.78, 5) is 13.1. The lowest BCUT2D eigenvalue weighted by atomic mass is 9.54. The number of hydrogen-bond donors (Lipinski definition) is 1. The number of nitrogens with zero attached hydrogens (tertiary/aromatic N) is 2. The molecule has 0 saturated heterocycles. The molecule has 37 heavy (non-hydrogen) atoms. The van der Waals surface area contributed by atoms with Crippen LogP contribution in [0.25, 0.3) is 0 Å². The largest absolute Gasteiger partial charge is 0.416 e. The molecule has 0 radical (unpaired) electrons. The zero-order chi connectivity index (χ0) is 27.1. The number of anilines is 1. The minimum absolute atomic E-state index is 0.0247. The average Bonchev–Trinajstić information content (AvgIpc) is 2.79. The van der Waals surface area contributed by atoms with Crippen molar-refractivity contribution in [3.05, 3.63) is 53.1 Å². The highest BCUT2D eigenvalue weighted by atomic mass is 35.5. The summed E-state index contributed by atoms with van der Waals surface area (Å²) >= 11 is 12.2. The lowest BCUT2D eigenvalue weighted by Gasteiger charge is -2.54. The Balaban J connectivity index is 1.57. The van der Waals surface area contributed by atoms with Crippen LogP contribution in [0.3, 0.4) is 0 Å². The van der Waals surface area contributed by atoms with Gasteiger partial charge in [-0.2, -0.15) is 25.9 Å². The van der Waals surface area contributed by atoms with E-state index < -0.39 is 44.4 Å². The maximum Gasteiger partial charge on any atom is 0.416 e. The number of halogens is 5. The monoisotopic (exact) mass is 579 g/mol. The third kappa shape index (κ3) is 5.82.